The van der Waals surface area contributed by atoms with Gasteiger partial charge < -0.3 is 0 Å². The van der Waals surface area contributed by atoms with Crippen molar-refractivity contribution in [1.82, 2.24) is 10.2 Å². The van der Waals surface area contributed by atoms with Gasteiger partial charge in [-0.3, -0.25) is 5.10 Å². The van der Waals surface area contributed by atoms with Crippen LogP contribution in [0.15, 0.2) is 29.3 Å². The third-order valence-electron chi connectivity index (χ3n) is 2.11. The first-order valence-electron chi connectivity index (χ1n) is 4.41. The highest BCUT2D eigenvalue weighted by atomic mass is 35.5. The molecule has 0 bridgehead atoms. The van der Waals surface area contributed by atoms with Gasteiger partial charge in [0.1, 0.15) is 4.90 Å². The number of primary sulfonamides is 1. The maximum Gasteiger partial charge on any atom is 0.241 e. The van der Waals surface area contributed by atoms with E-state index in [9.17, 15) is 8.42 Å². The van der Waals surface area contributed by atoms with Gasteiger partial charge in [-0.25, -0.2) is 13.6 Å². The molecule has 90 valence electrons. The highest BCUT2D eigenvalue weighted by Crippen LogP contribution is 2.32. The number of sulfonamides is 1. The molecule has 3 N–H and O–H groups in total. The molecule has 5 nitrogen and oxygen atoms in total. The molecule has 0 fully saturated rings. The standard InChI is InChI=1S/C9H7Cl2N3O2S/c10-5-1-2-6(7(11)3-5)9-8(4-13-14-9)17(12,15)16/h1-4H,(H,13,14)(H2,12,15,16). The van der Waals surface area contributed by atoms with E-state index in [0.717, 1.165) is 6.20 Å². The van der Waals surface area contributed by atoms with Crippen LogP contribution in [0.2, 0.25) is 10.0 Å². The van der Waals surface area contributed by atoms with Gasteiger partial charge in [-0.1, -0.05) is 23.2 Å². The van der Waals surface area contributed by atoms with Crippen LogP contribution in [0.25, 0.3) is 11.3 Å². The van der Waals surface area contributed by atoms with Crippen molar-refractivity contribution in [3.05, 3.63) is 34.4 Å². The van der Waals surface area contributed by atoms with E-state index >= 15 is 0 Å². The van der Waals surface area contributed by atoms with Crippen LogP contribution in [-0.2, 0) is 10.0 Å². The van der Waals surface area contributed by atoms with Gasteiger partial charge in [0.05, 0.1) is 16.9 Å². The lowest BCUT2D eigenvalue weighted by Gasteiger charge is -2.04. The molecule has 0 saturated carbocycles. The quantitative estimate of drug-likeness (QED) is 0.887. The van der Waals surface area contributed by atoms with Gasteiger partial charge in [0.25, 0.3) is 0 Å². The summed E-state index contributed by atoms with van der Waals surface area (Å²) in [5.74, 6) is 0. The molecule has 8 heteroatoms. The lowest BCUT2D eigenvalue weighted by atomic mass is 10.1. The number of nitrogens with two attached hydrogens (primary N) is 1. The third kappa shape index (κ3) is 2.44. The maximum atomic E-state index is 11.3. The Morgan fingerprint density at radius 2 is 2.00 bits per heavy atom. The zero-order chi connectivity index (χ0) is 12.6. The second-order valence-electron chi connectivity index (χ2n) is 3.28. The number of nitrogens with one attached hydrogen (secondary N) is 1. The van der Waals surface area contributed by atoms with E-state index in [4.69, 9.17) is 28.3 Å². The van der Waals surface area contributed by atoms with Crippen molar-refractivity contribution in [2.45, 2.75) is 4.90 Å². The van der Waals surface area contributed by atoms with Gasteiger partial charge in [-0.05, 0) is 18.2 Å². The number of hydrogen-bond acceptors (Lipinski definition) is 3. The molecular weight excluding hydrogens is 285 g/mol. The molecule has 0 amide bonds. The van der Waals surface area contributed by atoms with E-state index in [2.05, 4.69) is 10.2 Å². The zero-order valence-electron chi connectivity index (χ0n) is 8.31. The molecule has 0 aliphatic rings. The molecule has 1 heterocycles. The fraction of sp³-hybridized carbons (Fsp3) is 0. The Balaban J connectivity index is 2.66. The van der Waals surface area contributed by atoms with Crippen LogP contribution in [0.5, 0.6) is 0 Å². The fourth-order valence-electron chi connectivity index (χ4n) is 1.38. The summed E-state index contributed by atoms with van der Waals surface area (Å²) < 4.78 is 22.6. The highest BCUT2D eigenvalue weighted by Gasteiger charge is 2.19. The first kappa shape index (κ1) is 12.4. The normalized spacial score (nSPS) is 11.7. The maximum absolute atomic E-state index is 11.3. The van der Waals surface area contributed by atoms with E-state index in [-0.39, 0.29) is 10.6 Å². The summed E-state index contributed by atoms with van der Waals surface area (Å²) in [5, 5.41) is 12.0. The topological polar surface area (TPSA) is 88.8 Å². The van der Waals surface area contributed by atoms with Crippen LogP contribution in [-0.4, -0.2) is 18.6 Å². The molecule has 0 unspecified atom stereocenters. The van der Waals surface area contributed by atoms with Crippen LogP contribution in [0.1, 0.15) is 0 Å². The molecule has 0 aliphatic carbocycles. The molecule has 0 radical (unpaired) electrons. The fourth-order valence-corrected chi connectivity index (χ4v) is 2.52. The summed E-state index contributed by atoms with van der Waals surface area (Å²) in [6, 6.07) is 4.69. The molecule has 17 heavy (non-hydrogen) atoms. The van der Waals surface area contributed by atoms with Gasteiger partial charge in [0.2, 0.25) is 10.0 Å². The Morgan fingerprint density at radius 3 is 2.59 bits per heavy atom. The Morgan fingerprint density at radius 1 is 1.29 bits per heavy atom. The summed E-state index contributed by atoms with van der Waals surface area (Å²) in [4.78, 5) is -0.110. The van der Waals surface area contributed by atoms with Crippen molar-refractivity contribution < 1.29 is 8.42 Å². The molecule has 2 aromatic rings. The van der Waals surface area contributed by atoms with Gasteiger partial charge in [0.15, 0.2) is 0 Å². The van der Waals surface area contributed by atoms with Crippen molar-refractivity contribution in [2.75, 3.05) is 0 Å². The van der Waals surface area contributed by atoms with E-state index in [1.807, 2.05) is 0 Å². The molecule has 0 saturated heterocycles. The Bertz CT molecular complexity index is 667. The summed E-state index contributed by atoms with van der Waals surface area (Å²) in [6.45, 7) is 0. The van der Waals surface area contributed by atoms with Gasteiger partial charge in [-0.2, -0.15) is 5.10 Å². The summed E-state index contributed by atoms with van der Waals surface area (Å²) in [7, 11) is -3.85. The number of rotatable bonds is 2. The Kier molecular flexibility index (Phi) is 3.13. The monoisotopic (exact) mass is 291 g/mol. The lowest BCUT2D eigenvalue weighted by Crippen LogP contribution is -2.12. The largest absolute Gasteiger partial charge is 0.276 e. The number of halogens is 2. The average molecular weight is 292 g/mol. The van der Waals surface area contributed by atoms with Gasteiger partial charge in [0, 0.05) is 10.6 Å². The van der Waals surface area contributed by atoms with E-state index in [1.54, 1.807) is 12.1 Å². The van der Waals surface area contributed by atoms with Crippen LogP contribution in [0.3, 0.4) is 0 Å². The molecular formula is C9H7Cl2N3O2S. The minimum absolute atomic E-state index is 0.110. The second-order valence-corrected chi connectivity index (χ2v) is 5.65. The highest BCUT2D eigenvalue weighted by molar-refractivity contribution is 7.89. The van der Waals surface area contributed by atoms with Crippen molar-refractivity contribution in [3.63, 3.8) is 0 Å². The summed E-state index contributed by atoms with van der Waals surface area (Å²) >= 11 is 11.7. The number of aromatic amines is 1. The zero-order valence-corrected chi connectivity index (χ0v) is 10.6. The number of hydrogen-bond donors (Lipinski definition) is 2. The SMILES string of the molecule is NS(=O)(=O)c1cn[nH]c1-c1ccc(Cl)cc1Cl. The third-order valence-corrected chi connectivity index (χ3v) is 3.58. The minimum Gasteiger partial charge on any atom is -0.276 e. The first-order chi connectivity index (χ1) is 7.89. The van der Waals surface area contributed by atoms with Crippen molar-refractivity contribution in [1.29, 1.82) is 0 Å². The van der Waals surface area contributed by atoms with Gasteiger partial charge >= 0.3 is 0 Å². The van der Waals surface area contributed by atoms with E-state index < -0.39 is 10.0 Å². The number of aromatic nitrogens is 2. The molecule has 0 aliphatic heterocycles. The van der Waals surface area contributed by atoms with E-state index in [1.165, 1.54) is 6.07 Å². The summed E-state index contributed by atoms with van der Waals surface area (Å²) in [5.41, 5.74) is 0.715. The molecule has 1 aromatic carbocycles. The number of benzene rings is 1. The predicted molar refractivity (Wildman–Crippen MR) is 65.4 cm³/mol. The van der Waals surface area contributed by atoms with Crippen molar-refractivity contribution in [3.8, 4) is 11.3 Å². The first-order valence-corrected chi connectivity index (χ1v) is 6.71. The molecule has 0 spiro atoms. The second kappa shape index (κ2) is 4.30. The van der Waals surface area contributed by atoms with Crippen LogP contribution in [0, 0.1) is 0 Å². The van der Waals surface area contributed by atoms with E-state index in [0.29, 0.717) is 15.6 Å². The average Bonchev–Trinajstić information content (AvgIpc) is 2.65. The predicted octanol–water partition coefficient (Wildman–Crippen LogP) is 2.03. The van der Waals surface area contributed by atoms with Crippen molar-refractivity contribution in [2.24, 2.45) is 5.14 Å². The Labute approximate surface area is 108 Å². The van der Waals surface area contributed by atoms with Crippen molar-refractivity contribution >= 4 is 33.2 Å². The molecule has 1 aromatic heterocycles. The molecule has 0 atom stereocenters. The minimum atomic E-state index is -3.85. The Hall–Kier alpha value is -1.08. The molecule has 2 rings (SSSR count). The van der Waals surface area contributed by atoms with Gasteiger partial charge in [-0.15, -0.1) is 0 Å². The lowest BCUT2D eigenvalue weighted by molar-refractivity contribution is 0.598. The smallest absolute Gasteiger partial charge is 0.241 e. The van der Waals surface area contributed by atoms with Crippen LogP contribution in [0.4, 0.5) is 0 Å². The summed E-state index contributed by atoms with van der Waals surface area (Å²) in [6.07, 6.45) is 1.13. The van der Waals surface area contributed by atoms with Crippen LogP contribution < -0.4 is 5.14 Å². The number of nitrogens with zero attached hydrogens (tertiary/aromatic N) is 1. The van der Waals surface area contributed by atoms with Crippen LogP contribution >= 0.6 is 23.2 Å². The number of H-pyrrole nitrogens is 1.